The van der Waals surface area contributed by atoms with Gasteiger partial charge in [-0.2, -0.15) is 10.2 Å². The highest BCUT2D eigenvalue weighted by Gasteiger charge is 2.19. The standard InChI is InChI=1S/C17H20Br2N4O3/c1-5-26-11-6-9(13(18)14(19)15(11)24)8-20-23-16(25)10-7-12(22-21-10)17(2,3)4/h6-8,24H,5H2,1-4H3,(H,21,22)(H,23,25)/b20-8+. The first kappa shape index (κ1) is 20.4. The highest BCUT2D eigenvalue weighted by Crippen LogP contribution is 2.41. The normalized spacial score (nSPS) is 11.8. The molecule has 9 heteroatoms. The molecule has 7 nitrogen and oxygen atoms in total. The molecule has 0 unspecified atom stereocenters. The van der Waals surface area contributed by atoms with Gasteiger partial charge < -0.3 is 9.84 Å². The summed E-state index contributed by atoms with van der Waals surface area (Å²) in [7, 11) is 0. The summed E-state index contributed by atoms with van der Waals surface area (Å²) in [5, 5.41) is 20.9. The molecule has 0 aliphatic rings. The number of aromatic nitrogens is 2. The number of hydrazone groups is 1. The van der Waals surface area contributed by atoms with Crippen molar-refractivity contribution in [3.8, 4) is 11.5 Å². The Labute approximate surface area is 168 Å². The quantitative estimate of drug-likeness (QED) is 0.436. The van der Waals surface area contributed by atoms with Gasteiger partial charge in [-0.1, -0.05) is 20.8 Å². The number of phenolic OH excluding ortho intramolecular Hbond substituents is 1. The third-order valence-electron chi connectivity index (χ3n) is 3.46. The summed E-state index contributed by atoms with van der Waals surface area (Å²) in [6.45, 7) is 8.30. The van der Waals surface area contributed by atoms with E-state index in [0.717, 1.165) is 5.69 Å². The van der Waals surface area contributed by atoms with Gasteiger partial charge in [0.25, 0.3) is 5.91 Å². The Morgan fingerprint density at radius 1 is 1.38 bits per heavy atom. The molecule has 3 N–H and O–H groups in total. The molecular formula is C17H20Br2N4O3. The van der Waals surface area contributed by atoms with Crippen LogP contribution in [0.3, 0.4) is 0 Å². The molecule has 1 aromatic carbocycles. The molecule has 1 heterocycles. The molecule has 0 radical (unpaired) electrons. The number of ether oxygens (including phenoxy) is 1. The number of carbonyl (C=O) groups excluding carboxylic acids is 1. The largest absolute Gasteiger partial charge is 0.503 e. The van der Waals surface area contributed by atoms with Crippen molar-refractivity contribution in [2.75, 3.05) is 6.61 Å². The number of hydrogen-bond donors (Lipinski definition) is 3. The summed E-state index contributed by atoms with van der Waals surface area (Å²) < 4.78 is 6.41. The summed E-state index contributed by atoms with van der Waals surface area (Å²) in [6.07, 6.45) is 1.45. The molecular weight excluding hydrogens is 468 g/mol. The minimum atomic E-state index is -0.424. The van der Waals surface area contributed by atoms with Crippen LogP contribution >= 0.6 is 31.9 Å². The van der Waals surface area contributed by atoms with Crippen LogP contribution in [0.15, 0.2) is 26.2 Å². The Kier molecular flexibility index (Phi) is 6.46. The predicted molar refractivity (Wildman–Crippen MR) is 107 cm³/mol. The summed E-state index contributed by atoms with van der Waals surface area (Å²) in [6, 6.07) is 3.32. The van der Waals surface area contributed by atoms with Gasteiger partial charge in [0.1, 0.15) is 0 Å². The van der Waals surface area contributed by atoms with Crippen molar-refractivity contribution in [3.05, 3.63) is 38.0 Å². The molecule has 2 rings (SSSR count). The van der Waals surface area contributed by atoms with E-state index in [1.165, 1.54) is 6.21 Å². The molecule has 0 atom stereocenters. The van der Waals surface area contributed by atoms with Gasteiger partial charge in [0.2, 0.25) is 0 Å². The molecule has 1 amide bonds. The number of nitrogens with zero attached hydrogens (tertiary/aromatic N) is 2. The fraction of sp³-hybridized carbons (Fsp3) is 0.353. The SMILES string of the molecule is CCOc1cc(/C=N/NC(=O)c2cc(C(C)(C)C)[nH]n2)c(Br)c(Br)c1O. The van der Waals surface area contributed by atoms with E-state index in [9.17, 15) is 9.90 Å². The van der Waals surface area contributed by atoms with Crippen molar-refractivity contribution < 1.29 is 14.6 Å². The van der Waals surface area contributed by atoms with Crippen molar-refractivity contribution in [1.82, 2.24) is 15.6 Å². The monoisotopic (exact) mass is 486 g/mol. The van der Waals surface area contributed by atoms with Gasteiger partial charge in [0, 0.05) is 21.1 Å². The number of benzene rings is 1. The number of aromatic amines is 1. The van der Waals surface area contributed by atoms with Crippen LogP contribution in [-0.4, -0.2) is 34.0 Å². The van der Waals surface area contributed by atoms with E-state index in [4.69, 9.17) is 4.74 Å². The van der Waals surface area contributed by atoms with Gasteiger partial charge in [0.05, 0.1) is 17.3 Å². The number of nitrogens with one attached hydrogen (secondary N) is 2. The van der Waals surface area contributed by atoms with Crippen molar-refractivity contribution in [3.63, 3.8) is 0 Å². The molecule has 140 valence electrons. The molecule has 2 aromatic rings. The van der Waals surface area contributed by atoms with Gasteiger partial charge in [-0.05, 0) is 50.9 Å². The van der Waals surface area contributed by atoms with Crippen LogP contribution in [0.4, 0.5) is 0 Å². The number of aromatic hydroxyl groups is 1. The fourth-order valence-electron chi connectivity index (χ4n) is 2.01. The van der Waals surface area contributed by atoms with Crippen LogP contribution in [0.5, 0.6) is 11.5 Å². The smallest absolute Gasteiger partial charge is 0.291 e. The summed E-state index contributed by atoms with van der Waals surface area (Å²) in [4.78, 5) is 12.2. The average molecular weight is 488 g/mol. The minimum absolute atomic E-state index is 0.00820. The van der Waals surface area contributed by atoms with Crippen LogP contribution in [0.25, 0.3) is 0 Å². The molecule has 0 saturated heterocycles. The molecule has 0 spiro atoms. The highest BCUT2D eigenvalue weighted by atomic mass is 79.9. The highest BCUT2D eigenvalue weighted by molar-refractivity contribution is 9.13. The van der Waals surface area contributed by atoms with E-state index < -0.39 is 5.91 Å². The zero-order valence-corrected chi connectivity index (χ0v) is 18.0. The maximum absolute atomic E-state index is 12.2. The van der Waals surface area contributed by atoms with Crippen molar-refractivity contribution in [1.29, 1.82) is 0 Å². The Morgan fingerprint density at radius 2 is 2.08 bits per heavy atom. The third-order valence-corrected chi connectivity index (χ3v) is 5.62. The maximum atomic E-state index is 12.2. The first-order chi connectivity index (χ1) is 12.1. The Hall–Kier alpha value is -1.87. The van der Waals surface area contributed by atoms with E-state index in [0.29, 0.717) is 26.9 Å². The number of amides is 1. The van der Waals surface area contributed by atoms with Gasteiger partial charge >= 0.3 is 0 Å². The van der Waals surface area contributed by atoms with Gasteiger partial charge in [0.15, 0.2) is 17.2 Å². The first-order valence-electron chi connectivity index (χ1n) is 7.88. The van der Waals surface area contributed by atoms with E-state index in [1.807, 2.05) is 27.7 Å². The second kappa shape index (κ2) is 8.22. The predicted octanol–water partition coefficient (Wildman–Crippen LogP) is 4.10. The van der Waals surface area contributed by atoms with Gasteiger partial charge in [-0.25, -0.2) is 5.43 Å². The van der Waals surface area contributed by atoms with E-state index in [2.05, 4.69) is 52.6 Å². The van der Waals surface area contributed by atoms with E-state index >= 15 is 0 Å². The van der Waals surface area contributed by atoms with E-state index in [1.54, 1.807) is 12.1 Å². The lowest BCUT2D eigenvalue weighted by molar-refractivity contribution is 0.0950. The number of halogens is 2. The first-order valence-corrected chi connectivity index (χ1v) is 9.46. The van der Waals surface area contributed by atoms with Gasteiger partial charge in [-0.15, -0.1) is 0 Å². The van der Waals surface area contributed by atoms with Crippen LogP contribution in [0, 0.1) is 0 Å². The third kappa shape index (κ3) is 4.64. The number of H-pyrrole nitrogens is 1. The zero-order chi connectivity index (χ0) is 19.5. The summed E-state index contributed by atoms with van der Waals surface area (Å²) in [5.41, 5.74) is 4.04. The van der Waals surface area contributed by atoms with Crippen molar-refractivity contribution in [2.45, 2.75) is 33.1 Å². The van der Waals surface area contributed by atoms with E-state index in [-0.39, 0.29) is 16.9 Å². The topological polar surface area (TPSA) is 99.6 Å². The molecule has 0 saturated carbocycles. The number of rotatable bonds is 5. The number of hydrogen-bond acceptors (Lipinski definition) is 5. The van der Waals surface area contributed by atoms with Crippen LogP contribution < -0.4 is 10.2 Å². The molecule has 0 fully saturated rings. The maximum Gasteiger partial charge on any atom is 0.291 e. The zero-order valence-electron chi connectivity index (χ0n) is 14.9. The Morgan fingerprint density at radius 3 is 2.65 bits per heavy atom. The lowest BCUT2D eigenvalue weighted by atomic mass is 9.92. The van der Waals surface area contributed by atoms with Crippen molar-refractivity contribution >= 4 is 44.0 Å². The van der Waals surface area contributed by atoms with Crippen molar-refractivity contribution in [2.24, 2.45) is 5.10 Å². The van der Waals surface area contributed by atoms with Crippen LogP contribution in [0.1, 0.15) is 49.4 Å². The molecule has 0 bridgehead atoms. The second-order valence-corrected chi connectivity index (χ2v) is 8.08. The number of carbonyl (C=O) groups is 1. The minimum Gasteiger partial charge on any atom is -0.503 e. The van der Waals surface area contributed by atoms with Crippen LogP contribution in [-0.2, 0) is 5.41 Å². The molecule has 26 heavy (non-hydrogen) atoms. The molecule has 0 aliphatic carbocycles. The average Bonchev–Trinajstić information content (AvgIpc) is 3.07. The molecule has 0 aliphatic heterocycles. The Bertz CT molecular complexity index is 841. The lowest BCUT2D eigenvalue weighted by Gasteiger charge is -2.14. The molecule has 1 aromatic heterocycles. The second-order valence-electron chi connectivity index (χ2n) is 6.49. The lowest BCUT2D eigenvalue weighted by Crippen LogP contribution is -2.18. The van der Waals surface area contributed by atoms with Crippen LogP contribution in [0.2, 0.25) is 0 Å². The Balaban J connectivity index is 2.15. The van der Waals surface area contributed by atoms with Gasteiger partial charge in [-0.3, -0.25) is 9.89 Å². The number of phenols is 1. The summed E-state index contributed by atoms with van der Waals surface area (Å²) >= 11 is 6.66. The fourth-order valence-corrected chi connectivity index (χ4v) is 2.84. The summed E-state index contributed by atoms with van der Waals surface area (Å²) in [5.74, 6) is -0.115.